The number of phenolic OH excluding ortho intramolecular Hbond substituents is 1. The zero-order chi connectivity index (χ0) is 18.1. The number of nitrogens with zero attached hydrogens (tertiary/aromatic N) is 1. The van der Waals surface area contributed by atoms with Gasteiger partial charge in [0, 0.05) is 26.4 Å². The molecule has 0 saturated heterocycles. The number of benzene rings is 1. The van der Waals surface area contributed by atoms with Crippen molar-refractivity contribution in [2.75, 3.05) is 39.2 Å². The molecule has 8 heteroatoms. The van der Waals surface area contributed by atoms with Crippen LogP contribution in [0.5, 0.6) is 5.75 Å². The minimum Gasteiger partial charge on any atom is -0.507 e. The lowest BCUT2D eigenvalue weighted by Gasteiger charge is -2.18. The van der Waals surface area contributed by atoms with Crippen LogP contribution in [0.3, 0.4) is 0 Å². The fourth-order valence-electron chi connectivity index (χ4n) is 1.82. The van der Waals surface area contributed by atoms with Gasteiger partial charge >= 0.3 is 0 Å². The number of likely N-dealkylation sites (N-methyl/N-ethyl adjacent to an activating group) is 1. The Hall–Kier alpha value is -2.87. The van der Waals surface area contributed by atoms with Crippen LogP contribution in [0.2, 0.25) is 0 Å². The maximum Gasteiger partial charge on any atom is 0.257 e. The van der Waals surface area contributed by atoms with Crippen LogP contribution in [-0.2, 0) is 14.3 Å². The number of methoxy groups -OCH3 is 1. The molecule has 0 unspecified atom stereocenters. The van der Waals surface area contributed by atoms with Crippen LogP contribution in [0.1, 0.15) is 10.4 Å². The van der Waals surface area contributed by atoms with Crippen molar-refractivity contribution >= 4 is 23.4 Å². The number of phenols is 1. The molecule has 3 N–H and O–H groups in total. The average molecular weight is 335 g/mol. The molecule has 130 valence electrons. The first-order valence-corrected chi connectivity index (χ1v) is 7.16. The molecule has 1 aromatic carbocycles. The normalized spacial score (nSPS) is 9.92. The standard InChI is InChI=1S/C16H21N3O5/c1-4-14(21)18-11-5-6-13(20)12(9-11)16(23)19(2)10-15(22)17-7-8-24-3/h4-6,9,20H,1,7-8,10H2,2-3H3,(H,17,22)(H,18,21). The summed E-state index contributed by atoms with van der Waals surface area (Å²) < 4.78 is 4.81. The third-order valence-electron chi connectivity index (χ3n) is 3.04. The highest BCUT2D eigenvalue weighted by molar-refractivity contribution is 6.02. The van der Waals surface area contributed by atoms with Gasteiger partial charge in [0.05, 0.1) is 18.7 Å². The second-order valence-corrected chi connectivity index (χ2v) is 4.93. The molecule has 0 radical (unpaired) electrons. The maximum absolute atomic E-state index is 12.4. The summed E-state index contributed by atoms with van der Waals surface area (Å²) >= 11 is 0. The van der Waals surface area contributed by atoms with Gasteiger partial charge in [0.2, 0.25) is 11.8 Å². The van der Waals surface area contributed by atoms with Gasteiger partial charge in [0.1, 0.15) is 5.75 Å². The Bertz CT molecular complexity index is 630. The molecule has 0 aliphatic carbocycles. The quantitative estimate of drug-likeness (QED) is 0.361. The highest BCUT2D eigenvalue weighted by Crippen LogP contribution is 2.22. The largest absolute Gasteiger partial charge is 0.507 e. The lowest BCUT2D eigenvalue weighted by molar-refractivity contribution is -0.121. The van der Waals surface area contributed by atoms with E-state index in [1.807, 2.05) is 0 Å². The van der Waals surface area contributed by atoms with Gasteiger partial charge in [-0.25, -0.2) is 0 Å². The monoisotopic (exact) mass is 335 g/mol. The second kappa shape index (κ2) is 9.31. The van der Waals surface area contributed by atoms with E-state index in [9.17, 15) is 19.5 Å². The van der Waals surface area contributed by atoms with Crippen LogP contribution in [-0.4, -0.2) is 61.6 Å². The number of carbonyl (C=O) groups is 3. The molecular weight excluding hydrogens is 314 g/mol. The first kappa shape index (κ1) is 19.2. The summed E-state index contributed by atoms with van der Waals surface area (Å²) in [6.45, 7) is 3.87. The summed E-state index contributed by atoms with van der Waals surface area (Å²) in [5, 5.41) is 14.9. The van der Waals surface area contributed by atoms with Crippen LogP contribution < -0.4 is 10.6 Å². The summed E-state index contributed by atoms with van der Waals surface area (Å²) in [7, 11) is 2.95. The molecule has 0 fully saturated rings. The van der Waals surface area contributed by atoms with E-state index in [4.69, 9.17) is 4.74 Å². The van der Waals surface area contributed by atoms with E-state index in [1.54, 1.807) is 0 Å². The van der Waals surface area contributed by atoms with E-state index in [1.165, 1.54) is 32.4 Å². The predicted octanol–water partition coefficient (Wildman–Crippen LogP) is 0.351. The number of carbonyl (C=O) groups excluding carboxylic acids is 3. The molecule has 0 heterocycles. The number of anilines is 1. The molecule has 0 aliphatic rings. The number of hydrogen-bond acceptors (Lipinski definition) is 5. The Morgan fingerprint density at radius 3 is 2.71 bits per heavy atom. The van der Waals surface area contributed by atoms with Gasteiger partial charge in [0.25, 0.3) is 5.91 Å². The Balaban J connectivity index is 2.78. The minimum absolute atomic E-state index is 0.0240. The summed E-state index contributed by atoms with van der Waals surface area (Å²) in [5.41, 5.74) is 0.308. The molecule has 8 nitrogen and oxygen atoms in total. The molecule has 24 heavy (non-hydrogen) atoms. The Labute approximate surface area is 140 Å². The summed E-state index contributed by atoms with van der Waals surface area (Å²) in [6.07, 6.45) is 1.09. The minimum atomic E-state index is -0.552. The van der Waals surface area contributed by atoms with Crippen molar-refractivity contribution < 1.29 is 24.2 Å². The van der Waals surface area contributed by atoms with E-state index in [2.05, 4.69) is 17.2 Å². The number of rotatable bonds is 8. The Morgan fingerprint density at radius 1 is 1.38 bits per heavy atom. The highest BCUT2D eigenvalue weighted by atomic mass is 16.5. The van der Waals surface area contributed by atoms with E-state index in [0.29, 0.717) is 18.8 Å². The zero-order valence-corrected chi connectivity index (χ0v) is 13.7. The van der Waals surface area contributed by atoms with Gasteiger partial charge in [-0.15, -0.1) is 0 Å². The lowest BCUT2D eigenvalue weighted by Crippen LogP contribution is -2.39. The topological polar surface area (TPSA) is 108 Å². The van der Waals surface area contributed by atoms with Gasteiger partial charge in [-0.1, -0.05) is 6.58 Å². The van der Waals surface area contributed by atoms with Gasteiger partial charge in [-0.05, 0) is 24.3 Å². The van der Waals surface area contributed by atoms with Crippen LogP contribution in [0.15, 0.2) is 30.9 Å². The number of amides is 3. The lowest BCUT2D eigenvalue weighted by atomic mass is 10.1. The fraction of sp³-hybridized carbons (Fsp3) is 0.312. The number of nitrogens with one attached hydrogen (secondary N) is 2. The first-order chi connectivity index (χ1) is 11.4. The molecule has 0 spiro atoms. The van der Waals surface area contributed by atoms with Crippen LogP contribution in [0, 0.1) is 0 Å². The van der Waals surface area contributed by atoms with Gasteiger partial charge in [0.15, 0.2) is 0 Å². The van der Waals surface area contributed by atoms with Crippen LogP contribution in [0.4, 0.5) is 5.69 Å². The van der Waals surface area contributed by atoms with E-state index >= 15 is 0 Å². The van der Waals surface area contributed by atoms with E-state index < -0.39 is 11.8 Å². The fourth-order valence-corrected chi connectivity index (χ4v) is 1.82. The maximum atomic E-state index is 12.4. The van der Waals surface area contributed by atoms with Crippen molar-refractivity contribution in [2.45, 2.75) is 0 Å². The molecule has 0 saturated carbocycles. The van der Waals surface area contributed by atoms with E-state index in [0.717, 1.165) is 11.0 Å². The third-order valence-corrected chi connectivity index (χ3v) is 3.04. The molecule has 0 aromatic heterocycles. The first-order valence-electron chi connectivity index (χ1n) is 7.16. The molecular formula is C16H21N3O5. The predicted molar refractivity (Wildman–Crippen MR) is 88.8 cm³/mol. The van der Waals surface area contributed by atoms with Crippen molar-refractivity contribution in [3.05, 3.63) is 36.4 Å². The smallest absolute Gasteiger partial charge is 0.257 e. The molecule has 0 atom stereocenters. The summed E-state index contributed by atoms with van der Waals surface area (Å²) in [5.74, 6) is -1.59. The number of hydrogen-bond donors (Lipinski definition) is 3. The average Bonchev–Trinajstić information content (AvgIpc) is 2.56. The van der Waals surface area contributed by atoms with Gasteiger partial charge in [-0.3, -0.25) is 14.4 Å². The molecule has 1 aromatic rings. The van der Waals surface area contributed by atoms with Crippen molar-refractivity contribution in [3.63, 3.8) is 0 Å². The second-order valence-electron chi connectivity index (χ2n) is 4.93. The van der Waals surface area contributed by atoms with Crippen LogP contribution >= 0.6 is 0 Å². The van der Waals surface area contributed by atoms with Crippen molar-refractivity contribution in [3.8, 4) is 5.75 Å². The van der Waals surface area contributed by atoms with Gasteiger partial charge < -0.3 is 25.4 Å². The molecule has 0 bridgehead atoms. The van der Waals surface area contributed by atoms with E-state index in [-0.39, 0.29) is 23.8 Å². The third kappa shape index (κ3) is 5.73. The summed E-state index contributed by atoms with van der Waals surface area (Å²) in [4.78, 5) is 36.5. The molecule has 1 rings (SSSR count). The zero-order valence-electron chi connectivity index (χ0n) is 13.7. The van der Waals surface area contributed by atoms with Crippen molar-refractivity contribution in [1.29, 1.82) is 0 Å². The number of aromatic hydroxyl groups is 1. The van der Waals surface area contributed by atoms with Gasteiger partial charge in [-0.2, -0.15) is 0 Å². The Morgan fingerprint density at radius 2 is 2.08 bits per heavy atom. The van der Waals surface area contributed by atoms with Crippen molar-refractivity contribution in [2.24, 2.45) is 0 Å². The van der Waals surface area contributed by atoms with Crippen molar-refractivity contribution in [1.82, 2.24) is 10.2 Å². The SMILES string of the molecule is C=CC(=O)Nc1ccc(O)c(C(=O)N(C)CC(=O)NCCOC)c1. The molecule has 3 amide bonds. The number of ether oxygens (including phenoxy) is 1. The van der Waals surface area contributed by atoms with Crippen LogP contribution in [0.25, 0.3) is 0 Å². The Kier molecular flexibility index (Phi) is 7.44. The highest BCUT2D eigenvalue weighted by Gasteiger charge is 2.19. The molecule has 0 aliphatic heterocycles. The summed E-state index contributed by atoms with van der Waals surface area (Å²) in [6, 6.07) is 4.07.